The molecule has 24 heavy (non-hydrogen) atoms. The minimum Gasteiger partial charge on any atom is -0.324 e. The second kappa shape index (κ2) is 7.29. The van der Waals surface area contributed by atoms with Crippen LogP contribution in [0.4, 0.5) is 17.3 Å². The predicted molar refractivity (Wildman–Crippen MR) is 96.2 cm³/mol. The molecule has 0 unspecified atom stereocenters. The predicted octanol–water partition coefficient (Wildman–Crippen LogP) is 4.78. The molecule has 1 aromatic heterocycles. The van der Waals surface area contributed by atoms with Gasteiger partial charge < -0.3 is 10.6 Å². The average Bonchev–Trinajstić information content (AvgIpc) is 2.57. The van der Waals surface area contributed by atoms with Gasteiger partial charge in [0.05, 0.1) is 0 Å². The smallest absolute Gasteiger partial charge is 0.274 e. The van der Waals surface area contributed by atoms with E-state index in [9.17, 15) is 4.79 Å². The summed E-state index contributed by atoms with van der Waals surface area (Å²) >= 11 is 11.8. The number of halogens is 2. The molecule has 0 radical (unpaired) electrons. The van der Waals surface area contributed by atoms with Crippen molar-refractivity contribution in [2.24, 2.45) is 0 Å². The average molecular weight is 359 g/mol. The largest absolute Gasteiger partial charge is 0.324 e. The SMILES string of the molecule is O=C(Nc1cccc(Cl)c1)c1ccnc(Nc2ccc(Cl)cc2)n1. The van der Waals surface area contributed by atoms with E-state index in [1.807, 2.05) is 0 Å². The van der Waals surface area contributed by atoms with Gasteiger partial charge in [-0.1, -0.05) is 29.3 Å². The molecule has 0 aliphatic carbocycles. The Balaban J connectivity index is 1.74. The molecular formula is C17H12Cl2N4O. The van der Waals surface area contributed by atoms with E-state index in [0.717, 1.165) is 5.69 Å². The Morgan fingerprint density at radius 2 is 1.71 bits per heavy atom. The fourth-order valence-corrected chi connectivity index (χ4v) is 2.29. The zero-order valence-corrected chi connectivity index (χ0v) is 13.8. The molecule has 0 aliphatic rings. The molecule has 3 aromatic rings. The Morgan fingerprint density at radius 1 is 0.917 bits per heavy atom. The third-order valence-corrected chi connectivity index (χ3v) is 3.56. The van der Waals surface area contributed by atoms with E-state index >= 15 is 0 Å². The van der Waals surface area contributed by atoms with Gasteiger partial charge in [-0.15, -0.1) is 0 Å². The summed E-state index contributed by atoms with van der Waals surface area (Å²) in [7, 11) is 0. The second-order valence-electron chi connectivity index (χ2n) is 4.86. The Hall–Kier alpha value is -2.63. The molecule has 0 aliphatic heterocycles. The molecule has 0 fully saturated rings. The van der Waals surface area contributed by atoms with Crippen LogP contribution in [0.25, 0.3) is 0 Å². The Labute approximate surface area is 148 Å². The molecule has 0 bridgehead atoms. The van der Waals surface area contributed by atoms with Crippen LogP contribution in [0.5, 0.6) is 0 Å². The van der Waals surface area contributed by atoms with E-state index < -0.39 is 0 Å². The number of amides is 1. The maximum absolute atomic E-state index is 12.3. The maximum atomic E-state index is 12.3. The summed E-state index contributed by atoms with van der Waals surface area (Å²) in [5, 5.41) is 6.93. The first-order valence-electron chi connectivity index (χ1n) is 7.03. The highest BCUT2D eigenvalue weighted by Crippen LogP contribution is 2.18. The van der Waals surface area contributed by atoms with Gasteiger partial charge in [0, 0.05) is 27.6 Å². The van der Waals surface area contributed by atoms with Crippen molar-refractivity contribution in [1.29, 1.82) is 0 Å². The van der Waals surface area contributed by atoms with Crippen LogP contribution in [0.1, 0.15) is 10.5 Å². The molecule has 1 amide bonds. The van der Waals surface area contributed by atoms with Crippen molar-refractivity contribution in [2.45, 2.75) is 0 Å². The number of carbonyl (C=O) groups excluding carboxylic acids is 1. The lowest BCUT2D eigenvalue weighted by atomic mass is 10.3. The van der Waals surface area contributed by atoms with Gasteiger partial charge in [-0.3, -0.25) is 4.79 Å². The van der Waals surface area contributed by atoms with Crippen molar-refractivity contribution in [3.8, 4) is 0 Å². The topological polar surface area (TPSA) is 66.9 Å². The van der Waals surface area contributed by atoms with Gasteiger partial charge in [0.15, 0.2) is 0 Å². The highest BCUT2D eigenvalue weighted by molar-refractivity contribution is 6.31. The van der Waals surface area contributed by atoms with Crippen molar-refractivity contribution in [1.82, 2.24) is 9.97 Å². The van der Waals surface area contributed by atoms with Crippen LogP contribution in [0.3, 0.4) is 0 Å². The van der Waals surface area contributed by atoms with Gasteiger partial charge in [-0.2, -0.15) is 0 Å². The lowest BCUT2D eigenvalue weighted by Crippen LogP contribution is -2.14. The van der Waals surface area contributed by atoms with Crippen LogP contribution in [-0.4, -0.2) is 15.9 Å². The van der Waals surface area contributed by atoms with Gasteiger partial charge in [-0.05, 0) is 48.5 Å². The third-order valence-electron chi connectivity index (χ3n) is 3.07. The van der Waals surface area contributed by atoms with Crippen LogP contribution in [-0.2, 0) is 0 Å². The molecule has 0 spiro atoms. The lowest BCUT2D eigenvalue weighted by molar-refractivity contribution is 0.102. The minimum atomic E-state index is -0.348. The number of nitrogens with zero attached hydrogens (tertiary/aromatic N) is 2. The van der Waals surface area contributed by atoms with Crippen LogP contribution in [0.15, 0.2) is 60.8 Å². The van der Waals surface area contributed by atoms with Gasteiger partial charge in [0.1, 0.15) is 5.69 Å². The van der Waals surface area contributed by atoms with E-state index in [4.69, 9.17) is 23.2 Å². The van der Waals surface area contributed by atoms with Crippen LogP contribution in [0, 0.1) is 0 Å². The quantitative estimate of drug-likeness (QED) is 0.704. The summed E-state index contributed by atoms with van der Waals surface area (Å²) in [5.41, 5.74) is 1.60. The Kier molecular flexibility index (Phi) is 4.93. The number of rotatable bonds is 4. The minimum absolute atomic E-state index is 0.237. The molecule has 0 saturated carbocycles. The van der Waals surface area contributed by atoms with Gasteiger partial charge >= 0.3 is 0 Å². The summed E-state index contributed by atoms with van der Waals surface area (Å²) < 4.78 is 0. The van der Waals surface area contributed by atoms with Gasteiger partial charge in [0.25, 0.3) is 5.91 Å². The Bertz CT molecular complexity index is 868. The molecule has 5 nitrogen and oxygen atoms in total. The van der Waals surface area contributed by atoms with E-state index in [1.165, 1.54) is 12.3 Å². The van der Waals surface area contributed by atoms with Gasteiger partial charge in [0.2, 0.25) is 5.95 Å². The first kappa shape index (κ1) is 16.2. The van der Waals surface area contributed by atoms with Gasteiger partial charge in [-0.25, -0.2) is 9.97 Å². The normalized spacial score (nSPS) is 10.2. The molecule has 7 heteroatoms. The second-order valence-corrected chi connectivity index (χ2v) is 5.73. The highest BCUT2D eigenvalue weighted by atomic mass is 35.5. The third kappa shape index (κ3) is 4.22. The van der Waals surface area contributed by atoms with Crippen LogP contribution in [0.2, 0.25) is 10.0 Å². The first-order valence-corrected chi connectivity index (χ1v) is 7.78. The fourth-order valence-electron chi connectivity index (χ4n) is 1.97. The molecule has 3 rings (SSSR count). The van der Waals surface area contributed by atoms with Crippen molar-refractivity contribution < 1.29 is 4.79 Å². The maximum Gasteiger partial charge on any atom is 0.274 e. The monoisotopic (exact) mass is 358 g/mol. The summed E-state index contributed by atoms with van der Waals surface area (Å²) in [4.78, 5) is 20.6. The van der Waals surface area contributed by atoms with E-state index in [-0.39, 0.29) is 11.6 Å². The molecule has 120 valence electrons. The Morgan fingerprint density at radius 3 is 2.46 bits per heavy atom. The summed E-state index contributed by atoms with van der Waals surface area (Å²) in [5.74, 6) is -0.0325. The first-order chi connectivity index (χ1) is 11.6. The molecule has 2 aromatic carbocycles. The van der Waals surface area contributed by atoms with Crippen molar-refractivity contribution in [2.75, 3.05) is 10.6 Å². The van der Waals surface area contributed by atoms with E-state index in [2.05, 4.69) is 20.6 Å². The summed E-state index contributed by atoms with van der Waals surface area (Å²) in [6.07, 6.45) is 1.51. The van der Waals surface area contributed by atoms with Crippen LogP contribution >= 0.6 is 23.2 Å². The van der Waals surface area contributed by atoms with Crippen molar-refractivity contribution in [3.05, 3.63) is 76.5 Å². The van der Waals surface area contributed by atoms with Crippen LogP contribution < -0.4 is 10.6 Å². The molecule has 0 saturated heterocycles. The zero-order valence-electron chi connectivity index (χ0n) is 12.3. The lowest BCUT2D eigenvalue weighted by Gasteiger charge is -2.07. The molecule has 2 N–H and O–H groups in total. The number of benzene rings is 2. The number of carbonyl (C=O) groups is 1. The molecule has 1 heterocycles. The summed E-state index contributed by atoms with van der Waals surface area (Å²) in [6, 6.07) is 15.5. The number of nitrogens with one attached hydrogen (secondary N) is 2. The fraction of sp³-hybridized carbons (Fsp3) is 0. The highest BCUT2D eigenvalue weighted by Gasteiger charge is 2.09. The van der Waals surface area contributed by atoms with E-state index in [1.54, 1.807) is 48.5 Å². The number of anilines is 3. The van der Waals surface area contributed by atoms with Crippen molar-refractivity contribution >= 4 is 46.4 Å². The van der Waals surface area contributed by atoms with E-state index in [0.29, 0.717) is 21.7 Å². The van der Waals surface area contributed by atoms with Crippen molar-refractivity contribution in [3.63, 3.8) is 0 Å². The number of hydrogen-bond acceptors (Lipinski definition) is 4. The zero-order chi connectivity index (χ0) is 16.9. The number of aromatic nitrogens is 2. The molecule has 0 atom stereocenters. The number of hydrogen-bond donors (Lipinski definition) is 2. The standard InChI is InChI=1S/C17H12Cl2N4O/c18-11-4-6-13(7-5-11)22-17-20-9-8-15(23-17)16(24)21-14-3-1-2-12(19)10-14/h1-10H,(H,21,24)(H,20,22,23). The summed E-state index contributed by atoms with van der Waals surface area (Å²) in [6.45, 7) is 0. The molecular weight excluding hydrogens is 347 g/mol.